The predicted octanol–water partition coefficient (Wildman–Crippen LogP) is 3.89. The summed E-state index contributed by atoms with van der Waals surface area (Å²) in [6.45, 7) is 1.84. The van der Waals surface area contributed by atoms with E-state index in [9.17, 15) is 4.39 Å². The predicted molar refractivity (Wildman–Crippen MR) is 65.3 cm³/mol. The summed E-state index contributed by atoms with van der Waals surface area (Å²) in [5.41, 5.74) is 1.02. The smallest absolute Gasteiger partial charge is 0.142 e. The van der Waals surface area contributed by atoms with Crippen LogP contribution >= 0.6 is 23.4 Å². The van der Waals surface area contributed by atoms with Crippen LogP contribution in [0.5, 0.6) is 0 Å². The zero-order valence-electron chi connectivity index (χ0n) is 8.93. The van der Waals surface area contributed by atoms with E-state index in [1.165, 1.54) is 6.07 Å². The Balaban J connectivity index is 1.96. The van der Waals surface area contributed by atoms with Crippen molar-refractivity contribution in [2.24, 2.45) is 5.92 Å². The molecule has 1 heterocycles. The molecule has 0 saturated carbocycles. The molecule has 1 fully saturated rings. The van der Waals surface area contributed by atoms with Gasteiger partial charge in [0.15, 0.2) is 0 Å². The van der Waals surface area contributed by atoms with Gasteiger partial charge in [-0.3, -0.25) is 0 Å². The molecule has 4 heteroatoms. The average molecular weight is 262 g/mol. The topological polar surface area (TPSA) is 3.24 Å². The molecule has 0 N–H and O–H groups in total. The first-order valence-electron chi connectivity index (χ1n) is 5.50. The summed E-state index contributed by atoms with van der Waals surface area (Å²) in [5, 5.41) is 0.194. The average Bonchev–Trinajstić information content (AvgIpc) is 2.27. The van der Waals surface area contributed by atoms with Gasteiger partial charge in [0, 0.05) is 13.1 Å². The van der Waals surface area contributed by atoms with E-state index in [4.69, 9.17) is 23.4 Å². The maximum absolute atomic E-state index is 13.2. The zero-order valence-corrected chi connectivity index (χ0v) is 10.4. The molecule has 1 aromatic carbocycles. The molecule has 1 aliphatic rings. The second-order valence-corrected chi connectivity index (χ2v) is 5.19. The molecule has 1 nitrogen and oxygen atoms in total. The van der Waals surface area contributed by atoms with Crippen LogP contribution in [0.25, 0.3) is 0 Å². The largest absolute Gasteiger partial charge is 0.220 e. The van der Waals surface area contributed by atoms with Gasteiger partial charge in [-0.25, -0.2) is 8.81 Å². The Labute approximate surface area is 105 Å². The Morgan fingerprint density at radius 1 is 1.31 bits per heavy atom. The van der Waals surface area contributed by atoms with Crippen molar-refractivity contribution < 1.29 is 4.39 Å². The number of hydrogen-bond acceptors (Lipinski definition) is 1. The molecule has 0 aromatic heterocycles. The molecule has 88 valence electrons. The van der Waals surface area contributed by atoms with E-state index in [0.29, 0.717) is 5.92 Å². The standard InChI is InChI=1S/C12H14Cl2FN/c13-11-2-1-10(8-12(11)15)7-9-3-5-16(14)6-4-9/h1-2,8-9H,3-7H2. The molecule has 2 rings (SSSR count). The van der Waals surface area contributed by atoms with Gasteiger partial charge in [-0.1, -0.05) is 17.7 Å². The van der Waals surface area contributed by atoms with Crippen LogP contribution in [-0.4, -0.2) is 17.5 Å². The molecule has 0 atom stereocenters. The lowest BCUT2D eigenvalue weighted by molar-refractivity contribution is 0.282. The van der Waals surface area contributed by atoms with E-state index >= 15 is 0 Å². The number of halogens is 3. The van der Waals surface area contributed by atoms with Crippen molar-refractivity contribution >= 4 is 23.4 Å². The molecule has 1 aliphatic heterocycles. The first-order valence-corrected chi connectivity index (χ1v) is 6.21. The number of piperidine rings is 1. The normalized spacial score (nSPS) is 18.9. The summed E-state index contributed by atoms with van der Waals surface area (Å²) >= 11 is 11.5. The second kappa shape index (κ2) is 5.35. The molecule has 0 bridgehead atoms. The Bertz CT molecular complexity index is 362. The Hall–Kier alpha value is -0.310. The highest BCUT2D eigenvalue weighted by Gasteiger charge is 2.18. The van der Waals surface area contributed by atoms with E-state index in [1.807, 2.05) is 10.5 Å². The molecular weight excluding hydrogens is 248 g/mol. The highest BCUT2D eigenvalue weighted by molar-refractivity contribution is 6.30. The molecule has 1 aromatic rings. The SMILES string of the molecule is Fc1cc(CC2CCN(Cl)CC2)ccc1Cl. The van der Waals surface area contributed by atoms with Gasteiger partial charge in [-0.15, -0.1) is 0 Å². The highest BCUT2D eigenvalue weighted by Crippen LogP contribution is 2.24. The highest BCUT2D eigenvalue weighted by atomic mass is 35.5. The van der Waals surface area contributed by atoms with Crippen LogP contribution in [0.15, 0.2) is 18.2 Å². The third kappa shape index (κ3) is 3.09. The minimum absolute atomic E-state index is 0.194. The van der Waals surface area contributed by atoms with Crippen molar-refractivity contribution in [2.75, 3.05) is 13.1 Å². The van der Waals surface area contributed by atoms with Crippen LogP contribution in [0.1, 0.15) is 18.4 Å². The number of hydrogen-bond donors (Lipinski definition) is 0. The lowest BCUT2D eigenvalue weighted by Crippen LogP contribution is -2.27. The summed E-state index contributed by atoms with van der Waals surface area (Å²) in [6.07, 6.45) is 3.07. The molecular formula is C12H14Cl2FN. The number of nitrogens with zero attached hydrogens (tertiary/aromatic N) is 1. The van der Waals surface area contributed by atoms with Crippen molar-refractivity contribution in [2.45, 2.75) is 19.3 Å². The van der Waals surface area contributed by atoms with Crippen LogP contribution in [0, 0.1) is 11.7 Å². The van der Waals surface area contributed by atoms with Crippen LogP contribution in [0.3, 0.4) is 0 Å². The molecule has 1 saturated heterocycles. The fourth-order valence-corrected chi connectivity index (χ4v) is 2.42. The molecule has 0 spiro atoms. The molecule has 0 radical (unpaired) electrons. The zero-order chi connectivity index (χ0) is 11.5. The summed E-state index contributed by atoms with van der Waals surface area (Å²) < 4.78 is 15.1. The summed E-state index contributed by atoms with van der Waals surface area (Å²) in [6, 6.07) is 5.07. The maximum atomic E-state index is 13.2. The minimum Gasteiger partial charge on any atom is -0.220 e. The van der Waals surface area contributed by atoms with E-state index in [-0.39, 0.29) is 10.8 Å². The quantitative estimate of drug-likeness (QED) is 0.731. The lowest BCUT2D eigenvalue weighted by atomic mass is 9.91. The summed E-state index contributed by atoms with van der Waals surface area (Å²) in [4.78, 5) is 0. The van der Waals surface area contributed by atoms with Crippen molar-refractivity contribution in [1.82, 2.24) is 4.42 Å². The molecule has 0 aliphatic carbocycles. The molecule has 0 amide bonds. The molecule has 16 heavy (non-hydrogen) atoms. The number of benzene rings is 1. The second-order valence-electron chi connectivity index (χ2n) is 4.31. The third-order valence-electron chi connectivity index (χ3n) is 3.07. The Morgan fingerprint density at radius 2 is 2.00 bits per heavy atom. The van der Waals surface area contributed by atoms with Gasteiger partial charge >= 0.3 is 0 Å². The van der Waals surface area contributed by atoms with Crippen LogP contribution in [0.2, 0.25) is 5.02 Å². The first kappa shape index (κ1) is 12.2. The van der Waals surface area contributed by atoms with Gasteiger partial charge in [0.05, 0.1) is 5.02 Å². The first-order chi connectivity index (χ1) is 7.65. The van der Waals surface area contributed by atoms with E-state index in [1.54, 1.807) is 6.07 Å². The Kier molecular flexibility index (Phi) is 4.06. The Morgan fingerprint density at radius 3 is 2.62 bits per heavy atom. The van der Waals surface area contributed by atoms with Gasteiger partial charge in [-0.2, -0.15) is 0 Å². The van der Waals surface area contributed by atoms with Crippen LogP contribution in [0.4, 0.5) is 4.39 Å². The van der Waals surface area contributed by atoms with Gasteiger partial charge in [0.1, 0.15) is 5.82 Å². The van der Waals surface area contributed by atoms with Crippen LogP contribution in [-0.2, 0) is 6.42 Å². The third-order valence-corrected chi connectivity index (χ3v) is 3.71. The number of rotatable bonds is 2. The maximum Gasteiger partial charge on any atom is 0.142 e. The van der Waals surface area contributed by atoms with Crippen LogP contribution < -0.4 is 0 Å². The van der Waals surface area contributed by atoms with E-state index < -0.39 is 0 Å². The van der Waals surface area contributed by atoms with Gasteiger partial charge in [0.2, 0.25) is 0 Å². The van der Waals surface area contributed by atoms with Gasteiger partial charge in [0.25, 0.3) is 0 Å². The summed E-state index contributed by atoms with van der Waals surface area (Å²) in [7, 11) is 0. The lowest BCUT2D eigenvalue weighted by Gasteiger charge is -2.26. The van der Waals surface area contributed by atoms with E-state index in [2.05, 4.69) is 0 Å². The minimum atomic E-state index is -0.325. The monoisotopic (exact) mass is 261 g/mol. The van der Waals surface area contributed by atoms with Crippen molar-refractivity contribution in [3.63, 3.8) is 0 Å². The summed E-state index contributed by atoms with van der Waals surface area (Å²) in [5.74, 6) is 0.282. The van der Waals surface area contributed by atoms with Gasteiger partial charge < -0.3 is 0 Å². The fraction of sp³-hybridized carbons (Fsp3) is 0.500. The van der Waals surface area contributed by atoms with Crippen molar-refractivity contribution in [3.05, 3.63) is 34.6 Å². The van der Waals surface area contributed by atoms with E-state index in [0.717, 1.165) is 37.9 Å². The molecule has 0 unspecified atom stereocenters. The van der Waals surface area contributed by atoms with Crippen molar-refractivity contribution in [1.29, 1.82) is 0 Å². The van der Waals surface area contributed by atoms with Gasteiger partial charge in [-0.05, 0) is 54.7 Å². The fourth-order valence-electron chi connectivity index (χ4n) is 2.11. The van der Waals surface area contributed by atoms with Crippen molar-refractivity contribution in [3.8, 4) is 0 Å².